The Kier molecular flexibility index (Phi) is 4.94. The zero-order valence-corrected chi connectivity index (χ0v) is 13.7. The van der Waals surface area contributed by atoms with Crippen LogP contribution in [0.5, 0.6) is 0 Å². The average molecular weight is 328 g/mol. The Morgan fingerprint density at radius 3 is 2.26 bits per heavy atom. The first kappa shape index (κ1) is 16.9. The van der Waals surface area contributed by atoms with Crippen LogP contribution in [-0.2, 0) is 16.4 Å². The largest absolute Gasteiger partial charge is 0.294 e. The maximum atomic E-state index is 12.4. The molecule has 0 heterocycles. The first-order valence-corrected chi connectivity index (χ1v) is 8.34. The quantitative estimate of drug-likeness (QED) is 0.789. The Bertz CT molecular complexity index is 863. The Hall–Kier alpha value is -2.49. The SMILES string of the molecule is CN(C)S(=O)(=O)c1ccccc1CC(=O)c1ccc(C#N)cc1. The van der Waals surface area contributed by atoms with Crippen LogP contribution in [0.3, 0.4) is 0 Å². The Morgan fingerprint density at radius 1 is 1.09 bits per heavy atom. The van der Waals surface area contributed by atoms with E-state index in [1.807, 2.05) is 6.07 Å². The minimum absolute atomic E-state index is 0.0187. The standard InChI is InChI=1S/C17H16N2O3S/c1-19(2)23(21,22)17-6-4-3-5-15(17)11-16(20)14-9-7-13(12-18)8-10-14/h3-10H,11H2,1-2H3. The molecule has 2 rings (SSSR count). The molecule has 0 saturated heterocycles. The number of benzene rings is 2. The monoisotopic (exact) mass is 328 g/mol. The van der Waals surface area contributed by atoms with Crippen molar-refractivity contribution in [3.05, 3.63) is 65.2 Å². The molecule has 0 bridgehead atoms. The van der Waals surface area contributed by atoms with Crippen LogP contribution in [0.2, 0.25) is 0 Å². The zero-order valence-electron chi connectivity index (χ0n) is 12.9. The maximum absolute atomic E-state index is 12.4. The number of Topliss-reactive ketones (excluding diaryl/α,β-unsaturated/α-hetero) is 1. The maximum Gasteiger partial charge on any atom is 0.242 e. The van der Waals surface area contributed by atoms with E-state index in [1.165, 1.54) is 20.2 Å². The summed E-state index contributed by atoms with van der Waals surface area (Å²) in [5.41, 5.74) is 1.37. The van der Waals surface area contributed by atoms with Gasteiger partial charge in [-0.2, -0.15) is 5.26 Å². The van der Waals surface area contributed by atoms with Gasteiger partial charge in [0.25, 0.3) is 0 Å². The summed E-state index contributed by atoms with van der Waals surface area (Å²) in [7, 11) is -0.702. The van der Waals surface area contributed by atoms with Crippen LogP contribution < -0.4 is 0 Å². The van der Waals surface area contributed by atoms with Gasteiger partial charge in [0.2, 0.25) is 10.0 Å². The fraction of sp³-hybridized carbons (Fsp3) is 0.176. The average Bonchev–Trinajstić information content (AvgIpc) is 2.55. The van der Waals surface area contributed by atoms with Gasteiger partial charge in [-0.25, -0.2) is 12.7 Å². The highest BCUT2D eigenvalue weighted by molar-refractivity contribution is 7.89. The molecule has 0 aliphatic rings. The van der Waals surface area contributed by atoms with E-state index in [1.54, 1.807) is 42.5 Å². The lowest BCUT2D eigenvalue weighted by Gasteiger charge is -2.14. The highest BCUT2D eigenvalue weighted by Gasteiger charge is 2.22. The minimum atomic E-state index is -3.61. The molecule has 0 spiro atoms. The van der Waals surface area contributed by atoms with Crippen LogP contribution in [0.15, 0.2) is 53.4 Å². The van der Waals surface area contributed by atoms with Gasteiger partial charge < -0.3 is 0 Å². The summed E-state index contributed by atoms with van der Waals surface area (Å²) in [5, 5.41) is 8.77. The number of carbonyl (C=O) groups is 1. The molecule has 0 saturated carbocycles. The molecule has 118 valence electrons. The third-order valence-electron chi connectivity index (χ3n) is 3.42. The van der Waals surface area contributed by atoms with E-state index in [-0.39, 0.29) is 17.1 Å². The molecule has 0 unspecified atom stereocenters. The van der Waals surface area contributed by atoms with Crippen LogP contribution in [-0.4, -0.2) is 32.6 Å². The van der Waals surface area contributed by atoms with Crippen LogP contribution in [0, 0.1) is 11.3 Å². The van der Waals surface area contributed by atoms with Crippen molar-refractivity contribution in [1.82, 2.24) is 4.31 Å². The molecule has 23 heavy (non-hydrogen) atoms. The Labute approximate surface area is 135 Å². The van der Waals surface area contributed by atoms with E-state index in [2.05, 4.69) is 0 Å². The first-order valence-electron chi connectivity index (χ1n) is 6.90. The van der Waals surface area contributed by atoms with Crippen molar-refractivity contribution < 1.29 is 13.2 Å². The summed E-state index contributed by atoms with van der Waals surface area (Å²) >= 11 is 0. The lowest BCUT2D eigenvalue weighted by molar-refractivity contribution is 0.0992. The molecule has 2 aromatic rings. The predicted molar refractivity (Wildman–Crippen MR) is 86.5 cm³/mol. The summed E-state index contributed by atoms with van der Waals surface area (Å²) in [5.74, 6) is -0.198. The normalized spacial score (nSPS) is 11.2. The number of nitrogens with zero attached hydrogens (tertiary/aromatic N) is 2. The third-order valence-corrected chi connectivity index (χ3v) is 5.33. The fourth-order valence-electron chi connectivity index (χ4n) is 2.10. The van der Waals surface area contributed by atoms with Gasteiger partial charge in [-0.15, -0.1) is 0 Å². The molecule has 0 N–H and O–H groups in total. The minimum Gasteiger partial charge on any atom is -0.294 e. The van der Waals surface area contributed by atoms with Crippen molar-refractivity contribution in [3.8, 4) is 6.07 Å². The molecule has 0 fully saturated rings. The molecular weight excluding hydrogens is 312 g/mol. The van der Waals surface area contributed by atoms with Gasteiger partial charge in [-0.3, -0.25) is 4.79 Å². The van der Waals surface area contributed by atoms with Crippen LogP contribution in [0.4, 0.5) is 0 Å². The Balaban J connectivity index is 2.34. The smallest absolute Gasteiger partial charge is 0.242 e. The second-order valence-electron chi connectivity index (χ2n) is 5.18. The van der Waals surface area contributed by atoms with Gasteiger partial charge in [0.05, 0.1) is 16.5 Å². The number of hydrogen-bond acceptors (Lipinski definition) is 4. The van der Waals surface area contributed by atoms with Crippen molar-refractivity contribution in [2.45, 2.75) is 11.3 Å². The van der Waals surface area contributed by atoms with E-state index < -0.39 is 10.0 Å². The van der Waals surface area contributed by atoms with Gasteiger partial charge in [0.1, 0.15) is 0 Å². The van der Waals surface area contributed by atoms with Gasteiger partial charge in [-0.1, -0.05) is 30.3 Å². The predicted octanol–water partition coefficient (Wildman–Crippen LogP) is 2.23. The van der Waals surface area contributed by atoms with Crippen molar-refractivity contribution in [3.63, 3.8) is 0 Å². The molecule has 0 amide bonds. The Morgan fingerprint density at radius 2 is 1.70 bits per heavy atom. The summed E-state index contributed by atoms with van der Waals surface area (Å²) < 4.78 is 25.8. The van der Waals surface area contributed by atoms with Crippen molar-refractivity contribution in [1.29, 1.82) is 5.26 Å². The number of nitriles is 1. The fourth-order valence-corrected chi connectivity index (χ4v) is 3.22. The van der Waals surface area contributed by atoms with E-state index in [4.69, 9.17) is 5.26 Å². The number of hydrogen-bond donors (Lipinski definition) is 0. The molecule has 5 nitrogen and oxygen atoms in total. The number of carbonyl (C=O) groups excluding carboxylic acids is 1. The van der Waals surface area contributed by atoms with Crippen molar-refractivity contribution in [2.75, 3.05) is 14.1 Å². The first-order chi connectivity index (χ1) is 10.9. The second kappa shape index (κ2) is 6.73. The topological polar surface area (TPSA) is 78.2 Å². The van der Waals surface area contributed by atoms with E-state index in [0.717, 1.165) is 4.31 Å². The highest BCUT2D eigenvalue weighted by Crippen LogP contribution is 2.20. The number of ketones is 1. The van der Waals surface area contributed by atoms with E-state index >= 15 is 0 Å². The number of sulfonamides is 1. The van der Waals surface area contributed by atoms with Gasteiger partial charge in [0, 0.05) is 26.1 Å². The van der Waals surface area contributed by atoms with Gasteiger partial charge in [0.15, 0.2) is 5.78 Å². The molecule has 0 aliphatic carbocycles. The second-order valence-corrected chi connectivity index (χ2v) is 7.30. The van der Waals surface area contributed by atoms with E-state index in [0.29, 0.717) is 16.7 Å². The van der Waals surface area contributed by atoms with Crippen molar-refractivity contribution >= 4 is 15.8 Å². The lowest BCUT2D eigenvalue weighted by atomic mass is 10.0. The summed E-state index contributed by atoms with van der Waals surface area (Å²) in [4.78, 5) is 12.5. The molecule has 2 aromatic carbocycles. The molecule has 0 radical (unpaired) electrons. The zero-order chi connectivity index (χ0) is 17.0. The van der Waals surface area contributed by atoms with Crippen LogP contribution in [0.25, 0.3) is 0 Å². The molecule has 0 aromatic heterocycles. The van der Waals surface area contributed by atoms with Gasteiger partial charge >= 0.3 is 0 Å². The molecular formula is C17H16N2O3S. The van der Waals surface area contributed by atoms with Crippen molar-refractivity contribution in [2.24, 2.45) is 0 Å². The summed E-state index contributed by atoms with van der Waals surface area (Å²) in [6.45, 7) is 0. The highest BCUT2D eigenvalue weighted by atomic mass is 32.2. The van der Waals surface area contributed by atoms with Gasteiger partial charge in [-0.05, 0) is 23.8 Å². The lowest BCUT2D eigenvalue weighted by Crippen LogP contribution is -2.24. The van der Waals surface area contributed by atoms with Crippen LogP contribution >= 0.6 is 0 Å². The molecule has 0 atom stereocenters. The molecule has 6 heteroatoms. The number of rotatable bonds is 5. The third kappa shape index (κ3) is 3.65. The summed E-state index contributed by atoms with van der Waals surface area (Å²) in [6.07, 6.45) is -0.0187. The molecule has 0 aliphatic heterocycles. The van der Waals surface area contributed by atoms with E-state index in [9.17, 15) is 13.2 Å². The van der Waals surface area contributed by atoms with Crippen LogP contribution in [0.1, 0.15) is 21.5 Å². The summed E-state index contributed by atoms with van der Waals surface area (Å²) in [6, 6.07) is 14.7.